The van der Waals surface area contributed by atoms with Crippen LogP contribution in [0.4, 0.5) is 0 Å². The Balaban J connectivity index is 4.47. The van der Waals surface area contributed by atoms with Crippen molar-refractivity contribution in [3.8, 4) is 0 Å². The minimum Gasteiger partial charge on any atom is -0.462 e. The van der Waals surface area contributed by atoms with Gasteiger partial charge in [0.25, 0.3) is 0 Å². The lowest BCUT2D eigenvalue weighted by Gasteiger charge is -2.18. The highest BCUT2D eigenvalue weighted by Gasteiger charge is 2.19. The summed E-state index contributed by atoms with van der Waals surface area (Å²) in [5.41, 5.74) is 0. The second kappa shape index (κ2) is 56.4. The molecule has 1 unspecified atom stereocenters. The van der Waals surface area contributed by atoms with Crippen LogP contribution in [0.15, 0.2) is 122 Å². The molecule has 0 aliphatic rings. The monoisotopic (exact) mass is 955 g/mol. The van der Waals surface area contributed by atoms with E-state index in [-0.39, 0.29) is 37.5 Å². The third-order valence-electron chi connectivity index (χ3n) is 11.4. The van der Waals surface area contributed by atoms with E-state index in [1.807, 2.05) is 0 Å². The smallest absolute Gasteiger partial charge is 0.306 e. The van der Waals surface area contributed by atoms with Gasteiger partial charge >= 0.3 is 17.9 Å². The number of rotatable bonds is 49. The van der Waals surface area contributed by atoms with Crippen molar-refractivity contribution in [2.75, 3.05) is 13.2 Å². The van der Waals surface area contributed by atoms with Crippen LogP contribution in [0.1, 0.15) is 239 Å². The Bertz CT molecular complexity index is 1470. The Hall–Kier alpha value is -4.19. The molecule has 0 saturated carbocycles. The van der Waals surface area contributed by atoms with Crippen molar-refractivity contribution in [2.45, 2.75) is 245 Å². The molecule has 1 atom stereocenters. The van der Waals surface area contributed by atoms with Crippen LogP contribution in [-0.4, -0.2) is 37.2 Å². The Morgan fingerprint density at radius 2 is 0.522 bits per heavy atom. The Morgan fingerprint density at radius 3 is 0.826 bits per heavy atom. The zero-order valence-corrected chi connectivity index (χ0v) is 44.5. The molecule has 0 fully saturated rings. The number of unbranched alkanes of at least 4 members (excludes halogenated alkanes) is 18. The van der Waals surface area contributed by atoms with Gasteiger partial charge in [0.2, 0.25) is 0 Å². The van der Waals surface area contributed by atoms with Crippen molar-refractivity contribution in [2.24, 2.45) is 0 Å². The van der Waals surface area contributed by atoms with E-state index in [1.54, 1.807) is 0 Å². The first-order chi connectivity index (χ1) is 34.0. The Labute approximate surface area is 424 Å². The lowest BCUT2D eigenvalue weighted by Crippen LogP contribution is -2.30. The van der Waals surface area contributed by atoms with Gasteiger partial charge in [-0.25, -0.2) is 0 Å². The van der Waals surface area contributed by atoms with Gasteiger partial charge in [-0.1, -0.05) is 219 Å². The molecule has 0 aromatic heterocycles. The number of esters is 3. The van der Waals surface area contributed by atoms with Crippen LogP contribution in [0.25, 0.3) is 0 Å². The molecule has 0 aliphatic carbocycles. The topological polar surface area (TPSA) is 78.9 Å². The third kappa shape index (κ3) is 54.6. The minimum absolute atomic E-state index is 0.101. The van der Waals surface area contributed by atoms with Gasteiger partial charge in [0.15, 0.2) is 6.10 Å². The fourth-order valence-corrected chi connectivity index (χ4v) is 7.34. The first-order valence-corrected chi connectivity index (χ1v) is 28.0. The van der Waals surface area contributed by atoms with E-state index in [9.17, 15) is 14.4 Å². The molecule has 0 aromatic carbocycles. The van der Waals surface area contributed by atoms with Crippen LogP contribution in [0.3, 0.4) is 0 Å². The molecular formula is C63H102O6. The van der Waals surface area contributed by atoms with Gasteiger partial charge in [-0.3, -0.25) is 14.4 Å². The summed E-state index contributed by atoms with van der Waals surface area (Å²) >= 11 is 0. The summed E-state index contributed by atoms with van der Waals surface area (Å²) in [6.07, 6.45) is 77.5. The van der Waals surface area contributed by atoms with Gasteiger partial charge in [0.1, 0.15) is 13.2 Å². The van der Waals surface area contributed by atoms with E-state index in [0.29, 0.717) is 12.8 Å². The van der Waals surface area contributed by atoms with Crippen LogP contribution in [-0.2, 0) is 28.6 Å². The van der Waals surface area contributed by atoms with Crippen molar-refractivity contribution in [3.05, 3.63) is 122 Å². The summed E-state index contributed by atoms with van der Waals surface area (Å²) < 4.78 is 16.8. The van der Waals surface area contributed by atoms with E-state index in [0.717, 1.165) is 141 Å². The summed E-state index contributed by atoms with van der Waals surface area (Å²) in [5.74, 6) is -0.953. The number of allylic oxidation sites excluding steroid dienone is 20. The predicted octanol–water partition coefficient (Wildman–Crippen LogP) is 18.9. The Morgan fingerprint density at radius 1 is 0.290 bits per heavy atom. The van der Waals surface area contributed by atoms with Crippen LogP contribution >= 0.6 is 0 Å². The normalized spacial score (nSPS) is 13.0. The Kier molecular flexibility index (Phi) is 53.0. The molecule has 390 valence electrons. The SMILES string of the molecule is CC/C=C\C/C=C\C/C=C\C/C=C\CCCCCC(=O)OC(COC(=O)CCCCCCCC/C=C\C/C=C\C/C=C\CC)COC(=O)CCCCCCCCCCC/C=C\C/C=C\C/C=C\CC. The lowest BCUT2D eigenvalue weighted by atomic mass is 10.1. The number of ether oxygens (including phenoxy) is 3. The molecule has 0 amide bonds. The largest absolute Gasteiger partial charge is 0.462 e. The van der Waals surface area contributed by atoms with Gasteiger partial charge in [0.05, 0.1) is 0 Å². The summed E-state index contributed by atoms with van der Waals surface area (Å²) in [7, 11) is 0. The van der Waals surface area contributed by atoms with Gasteiger partial charge in [0, 0.05) is 19.3 Å². The van der Waals surface area contributed by atoms with E-state index >= 15 is 0 Å². The predicted molar refractivity (Wildman–Crippen MR) is 297 cm³/mol. The number of carbonyl (C=O) groups is 3. The maximum absolute atomic E-state index is 12.8. The zero-order valence-electron chi connectivity index (χ0n) is 44.5. The van der Waals surface area contributed by atoms with Crippen molar-refractivity contribution in [1.29, 1.82) is 0 Å². The van der Waals surface area contributed by atoms with Crippen molar-refractivity contribution in [3.63, 3.8) is 0 Å². The minimum atomic E-state index is -0.807. The second-order valence-corrected chi connectivity index (χ2v) is 18.0. The molecule has 0 heterocycles. The standard InChI is InChI=1S/C63H102O6/c1-4-7-10-13-16-19-22-25-28-31-32-33-36-38-41-44-47-50-53-56-62(65)68-59-60(69-63(66)57-54-51-48-45-42-39-35-30-27-24-21-18-15-12-9-6-3)58-67-61(64)55-52-49-46-43-40-37-34-29-26-23-20-17-14-11-8-5-2/h7-12,16-21,25-30,39,42,60H,4-6,13-15,22-24,31-38,40-41,43-59H2,1-3H3/b10-7-,11-8-,12-9-,19-16-,20-17-,21-18-,28-25-,29-26-,30-27-,42-39-. The van der Waals surface area contributed by atoms with Gasteiger partial charge in [-0.15, -0.1) is 0 Å². The van der Waals surface area contributed by atoms with Gasteiger partial charge in [-0.2, -0.15) is 0 Å². The van der Waals surface area contributed by atoms with Gasteiger partial charge < -0.3 is 14.2 Å². The van der Waals surface area contributed by atoms with E-state index in [1.165, 1.54) is 57.8 Å². The highest BCUT2D eigenvalue weighted by molar-refractivity contribution is 5.71. The molecule has 6 nitrogen and oxygen atoms in total. The molecule has 0 bridgehead atoms. The molecule has 0 aromatic rings. The maximum Gasteiger partial charge on any atom is 0.306 e. The van der Waals surface area contributed by atoms with E-state index in [4.69, 9.17) is 14.2 Å². The first-order valence-electron chi connectivity index (χ1n) is 28.0. The quantitative estimate of drug-likeness (QED) is 0.0262. The fraction of sp³-hybridized carbons (Fsp3) is 0.635. The van der Waals surface area contributed by atoms with E-state index in [2.05, 4.69) is 142 Å². The molecule has 6 heteroatoms. The van der Waals surface area contributed by atoms with Crippen molar-refractivity contribution in [1.82, 2.24) is 0 Å². The molecule has 0 radical (unpaired) electrons. The summed E-state index contributed by atoms with van der Waals surface area (Å²) in [6, 6.07) is 0. The van der Waals surface area contributed by atoms with Crippen molar-refractivity contribution < 1.29 is 28.6 Å². The second-order valence-electron chi connectivity index (χ2n) is 18.0. The lowest BCUT2D eigenvalue weighted by molar-refractivity contribution is -0.167. The number of carbonyl (C=O) groups excluding carboxylic acids is 3. The van der Waals surface area contributed by atoms with Gasteiger partial charge in [-0.05, 0) is 122 Å². The molecular weight excluding hydrogens is 853 g/mol. The average molecular weight is 956 g/mol. The molecule has 0 rings (SSSR count). The average Bonchev–Trinajstić information content (AvgIpc) is 3.35. The number of hydrogen-bond donors (Lipinski definition) is 0. The first kappa shape index (κ1) is 64.8. The molecule has 69 heavy (non-hydrogen) atoms. The van der Waals surface area contributed by atoms with Crippen LogP contribution in [0.2, 0.25) is 0 Å². The number of hydrogen-bond acceptors (Lipinski definition) is 6. The summed E-state index contributed by atoms with van der Waals surface area (Å²) in [4.78, 5) is 38.2. The maximum atomic E-state index is 12.8. The van der Waals surface area contributed by atoms with Crippen molar-refractivity contribution >= 4 is 17.9 Å². The van der Waals surface area contributed by atoms with Crippen LogP contribution in [0.5, 0.6) is 0 Å². The van der Waals surface area contributed by atoms with Crippen LogP contribution in [0, 0.1) is 0 Å². The fourth-order valence-electron chi connectivity index (χ4n) is 7.34. The summed E-state index contributed by atoms with van der Waals surface area (Å²) in [6.45, 7) is 6.26. The molecule has 0 spiro atoms. The highest BCUT2D eigenvalue weighted by Crippen LogP contribution is 2.14. The zero-order chi connectivity index (χ0) is 50.0. The highest BCUT2D eigenvalue weighted by atomic mass is 16.6. The molecule has 0 saturated heterocycles. The third-order valence-corrected chi connectivity index (χ3v) is 11.4. The van der Waals surface area contributed by atoms with E-state index < -0.39 is 6.10 Å². The molecule has 0 aliphatic heterocycles. The van der Waals surface area contributed by atoms with Crippen LogP contribution < -0.4 is 0 Å². The summed E-state index contributed by atoms with van der Waals surface area (Å²) in [5, 5.41) is 0. The molecule has 0 N–H and O–H groups in total.